The molecule has 13 N–H and O–H groups in total. The van der Waals surface area contributed by atoms with Crippen LogP contribution in [0, 0.1) is 40.5 Å². The molecule has 0 radical (unpaired) electrons. The fourth-order valence-corrected chi connectivity index (χ4v) is 13.7. The number of nitrogens with two attached hydrogens (primary N) is 2. The van der Waals surface area contributed by atoms with Crippen molar-refractivity contribution in [2.45, 2.75) is 28.2 Å². The summed E-state index contributed by atoms with van der Waals surface area (Å²) in [4.78, 5) is 115. The first kappa shape index (κ1) is 114. The predicted octanol–water partition coefficient (Wildman–Crippen LogP) is 20.4. The van der Waals surface area contributed by atoms with E-state index >= 15 is 0 Å². The fraction of sp³-hybridized carbons (Fsp3) is 0.0471. The topological polar surface area (TPSA) is 563 Å². The second-order valence-corrected chi connectivity index (χ2v) is 30.6. The van der Waals surface area contributed by atoms with E-state index in [2.05, 4.69) is 59.9 Å². The minimum Gasteiger partial charge on any atom is -0.870 e. The Kier molecular flexibility index (Phi) is 47.4. The van der Waals surface area contributed by atoms with Gasteiger partial charge in [-0.1, -0.05) is 147 Å². The normalized spacial score (nSPS) is 9.83. The molecular formula is C85H67BCl12N17NaO18. The summed E-state index contributed by atoms with van der Waals surface area (Å²) in [5.41, 5.74) is 22.9. The molecule has 0 spiro atoms. The fourth-order valence-electron chi connectivity index (χ4n) is 11.4. The Morgan fingerprint density at radius 3 is 1.19 bits per heavy atom. The zero-order valence-electron chi connectivity index (χ0n) is 68.4. The summed E-state index contributed by atoms with van der Waals surface area (Å²) < 4.78 is 3.97. The number of fused-ring (bicyclic) bond motifs is 9. The number of rotatable bonds is 8. The third kappa shape index (κ3) is 34.2. The second kappa shape index (κ2) is 55.9. The van der Waals surface area contributed by atoms with Gasteiger partial charge in [-0.2, -0.15) is 0 Å². The molecule has 10 aromatic heterocycles. The van der Waals surface area contributed by atoms with Crippen molar-refractivity contribution in [1.29, 1.82) is 0 Å². The Balaban J connectivity index is 0.000000314. The number of non-ortho nitro benzene ring substituents is 1. The smallest absolute Gasteiger partial charge is 0.870 e. The van der Waals surface area contributed by atoms with Crippen LogP contribution in [0.4, 0.5) is 34.1 Å². The zero-order valence-corrected chi connectivity index (χ0v) is 79.5. The van der Waals surface area contributed by atoms with Crippen molar-refractivity contribution in [3.05, 3.63) is 345 Å². The van der Waals surface area contributed by atoms with Gasteiger partial charge in [-0.25, -0.2) is 0 Å². The van der Waals surface area contributed by atoms with Gasteiger partial charge in [0.1, 0.15) is 22.9 Å². The number of hydrogen-bond acceptors (Lipinski definition) is 25. The molecule has 17 rings (SSSR count). The third-order valence-corrected chi connectivity index (χ3v) is 19.9. The maximum atomic E-state index is 11.2. The van der Waals surface area contributed by atoms with Gasteiger partial charge in [-0.15, -0.1) is 10.1 Å². The first-order valence-corrected chi connectivity index (χ1v) is 40.8. The number of carboxylic acid groups (broad SMARTS) is 1. The molecule has 0 atom stereocenters. The minimum absolute atomic E-state index is 0. The number of pyridine rings is 7. The maximum absolute atomic E-state index is 11.2. The molecule has 134 heavy (non-hydrogen) atoms. The quantitative estimate of drug-likeness (QED) is 0.0128. The van der Waals surface area contributed by atoms with Crippen LogP contribution in [0.2, 0.25) is 60.3 Å². The van der Waals surface area contributed by atoms with Crippen molar-refractivity contribution in [1.82, 2.24) is 49.8 Å². The van der Waals surface area contributed by atoms with Crippen LogP contribution in [0.5, 0.6) is 0 Å². The third-order valence-electron chi connectivity index (χ3n) is 16.6. The van der Waals surface area contributed by atoms with Gasteiger partial charge in [0.15, 0.2) is 0 Å². The van der Waals surface area contributed by atoms with Gasteiger partial charge < -0.3 is 62.3 Å². The van der Waals surface area contributed by atoms with Crippen LogP contribution in [0.15, 0.2) is 244 Å². The summed E-state index contributed by atoms with van der Waals surface area (Å²) in [6.07, 6.45) is 22.1. The molecule has 17 aromatic rings. The van der Waals surface area contributed by atoms with Crippen molar-refractivity contribution >= 4 is 276 Å². The molecule has 35 nitrogen and oxygen atoms in total. The van der Waals surface area contributed by atoms with E-state index in [-0.39, 0.29) is 82.4 Å². The minimum atomic E-state index is -1.57. The van der Waals surface area contributed by atoms with Crippen LogP contribution in [0.3, 0.4) is 0 Å². The number of ether oxygens (including phenoxy) is 1. The zero-order chi connectivity index (χ0) is 96.5. The predicted molar refractivity (Wildman–Crippen MR) is 522 cm³/mol. The summed E-state index contributed by atoms with van der Waals surface area (Å²) in [5.74, 6) is -1.29. The number of halogens is 12. The molecule has 0 aliphatic rings. The van der Waals surface area contributed by atoms with E-state index in [4.69, 9.17) is 186 Å². The molecule has 0 unspecified atom stereocenters. The Labute approximate surface area is 840 Å². The molecule has 0 aliphatic heterocycles. The van der Waals surface area contributed by atoms with Crippen LogP contribution in [0.25, 0.3) is 98.8 Å². The van der Waals surface area contributed by atoms with E-state index in [1.165, 1.54) is 69.7 Å². The molecule has 7 aromatic carbocycles. The van der Waals surface area contributed by atoms with E-state index < -0.39 is 38.9 Å². The number of nitrogens with one attached hydrogen (secondary N) is 4. The standard InChI is InChI=1S/C13H10Cl2N2O.C11H6Cl2N2O2.C11H8Cl2N2.C11H6ClN3O2.C11H8ClN3.C11H7ClN2.C6H5BCl2O2.C5H3ClN2O2.C4H6O3.CH2O2.CH4.HNO3.Na.H2O/c1-8(18)17-13-7-16-5-4-10(13)11-6-9(14)2-3-12(11)15;12-7-1-2-10(13)9(5-7)8-3-4-14-6-11(8)15(16)17;12-7-1-2-10(13)9(5-7)8-3-4-15-6-11(8)14;12-6-3-8-7-1-2-13-5-9(7)14-11(8)10(4-6)15(16)17;12-6-3-8-7-1-2-14-5-10(7)15-11(8)9(13)4-6;12-7-1-2-10-9(5-7)8-3-4-13-6-11(8)14-10;8-4-1-2-6(9)5(3-4)7(10)11;6-4-1-2-7-3-5(4)8(9)10;1-3(5)7-4(2)6;2-1-3;;2-1(3)4;;/h2-7H,1H3,(H,17,18);1-6H;1-6H,14H2;1-5,14H;1-5,15H,13H2;1-6,14H;1-3,10-11H;1-3H;1-2H3;1H,(H,2,3);1H4;(H,2,3,4);;1H2/q;;;;;;;;;;;;+1;/p-1. The van der Waals surface area contributed by atoms with Crippen molar-refractivity contribution in [2.24, 2.45) is 0 Å². The van der Waals surface area contributed by atoms with Crippen molar-refractivity contribution in [3.8, 4) is 33.4 Å². The van der Waals surface area contributed by atoms with Gasteiger partial charge in [-0.3, -0.25) is 84.4 Å². The number of aromatic nitrogens is 10. The number of carbonyl (C=O) groups is 4. The van der Waals surface area contributed by atoms with Gasteiger partial charge >= 0.3 is 54.3 Å². The molecule has 0 saturated heterocycles. The van der Waals surface area contributed by atoms with Crippen molar-refractivity contribution in [2.75, 3.05) is 16.8 Å². The number of benzene rings is 7. The van der Waals surface area contributed by atoms with E-state index in [0.29, 0.717) is 83.9 Å². The van der Waals surface area contributed by atoms with Gasteiger partial charge in [0, 0.05) is 197 Å². The number of nitrogens with zero attached hydrogens (tertiary/aromatic N) is 11. The summed E-state index contributed by atoms with van der Waals surface area (Å²) in [6, 6.07) is 44.6. The number of carbonyl (C=O) groups excluding carboxylic acids is 3. The number of esters is 2. The van der Waals surface area contributed by atoms with Crippen molar-refractivity contribution in [3.63, 3.8) is 0 Å². The largest absolute Gasteiger partial charge is 1.00 e. The molecule has 10 heterocycles. The number of hydrogen-bond donors (Lipinski definition) is 10. The van der Waals surface area contributed by atoms with Gasteiger partial charge in [-0.05, 0) is 152 Å². The Morgan fingerprint density at radius 1 is 0.396 bits per heavy atom. The second-order valence-electron chi connectivity index (χ2n) is 25.5. The van der Waals surface area contributed by atoms with Gasteiger partial charge in [0.05, 0.1) is 90.4 Å². The SMILES string of the molecule is C.CC(=O)Nc1cnccc1-c1cc(Cl)ccc1Cl.CC(=O)OC(C)=O.Clc1ccc2[nH]c3cnccc3c2c1.Nc1cc(Cl)cc2c1[nH]c1cnccc12.Nc1cnccc1-c1cc(Cl)ccc1Cl.O=CO.O=[N+]([O-])O.O=[N+]([O-])c1cc(Cl)cc2c1[nH]c1cnccc12.O=[N+]([O-])c1cnccc1-c1cc(Cl)ccc1Cl.O=[N+]([O-])c1cnccc1Cl.OB(O)c1cc(Cl)ccc1Cl.[Na+].[OH-]. The molecular weight excluding hydrogens is 2010 g/mol. The van der Waals surface area contributed by atoms with Crippen molar-refractivity contribution < 1.29 is 99.2 Å². The molecule has 49 heteroatoms. The molecule has 0 saturated carbocycles. The number of nitro benzene ring substituents is 1. The Hall–Kier alpha value is -12.5. The van der Waals surface area contributed by atoms with Crippen LogP contribution in [-0.4, -0.2) is 127 Å². The summed E-state index contributed by atoms with van der Waals surface area (Å²) in [7, 11) is -1.57. The molecule has 1 amide bonds. The van der Waals surface area contributed by atoms with Crippen LogP contribution in [-0.2, 0) is 23.9 Å². The number of nitrogen functional groups attached to an aromatic ring is 2. The van der Waals surface area contributed by atoms with E-state index in [9.17, 15) is 44.7 Å². The first-order chi connectivity index (χ1) is 62.2. The Morgan fingerprint density at radius 2 is 0.754 bits per heavy atom. The molecule has 0 bridgehead atoms. The number of aromatic amines is 3. The monoisotopic (exact) mass is 2070 g/mol. The van der Waals surface area contributed by atoms with E-state index in [0.717, 1.165) is 93.4 Å². The van der Waals surface area contributed by atoms with Crippen LogP contribution < -0.4 is 51.8 Å². The maximum Gasteiger partial charge on any atom is 1.00 e. The van der Waals surface area contributed by atoms with Crippen LogP contribution >= 0.6 is 139 Å². The summed E-state index contributed by atoms with van der Waals surface area (Å²) in [6.45, 7) is 3.55. The summed E-state index contributed by atoms with van der Waals surface area (Å²) >= 11 is 70.4. The molecule has 688 valence electrons. The van der Waals surface area contributed by atoms with Gasteiger partial charge in [0.25, 0.3) is 22.9 Å². The average Bonchev–Trinajstić information content (AvgIpc) is 1.62. The first-order valence-electron chi connectivity index (χ1n) is 36.2. The average molecular weight is 2070 g/mol. The van der Waals surface area contributed by atoms with E-state index in [1.54, 1.807) is 141 Å². The van der Waals surface area contributed by atoms with Crippen LogP contribution in [0.1, 0.15) is 28.2 Å². The van der Waals surface area contributed by atoms with Gasteiger partial charge in [0.2, 0.25) is 5.91 Å². The number of nitro groups is 3. The Bertz CT molecular complexity index is 6990. The number of H-pyrrole nitrogens is 3. The summed E-state index contributed by atoms with van der Waals surface area (Å²) in [5, 5.41) is 84.6. The number of anilines is 3. The molecule has 0 aliphatic carbocycles. The number of amides is 1. The van der Waals surface area contributed by atoms with E-state index in [1.807, 2.05) is 48.7 Å². The molecule has 0 fully saturated rings.